The number of rotatable bonds is 0. The summed E-state index contributed by atoms with van der Waals surface area (Å²) in [5.41, 5.74) is 0. The van der Waals surface area contributed by atoms with Gasteiger partial charge < -0.3 is 0 Å². The average molecular weight is 393 g/mol. The summed E-state index contributed by atoms with van der Waals surface area (Å²) in [6.07, 6.45) is 0. The van der Waals surface area contributed by atoms with Gasteiger partial charge >= 0.3 is 0 Å². The van der Waals surface area contributed by atoms with Crippen LogP contribution in [0, 0.1) is 0 Å². The first-order chi connectivity index (χ1) is 6.63. The van der Waals surface area contributed by atoms with E-state index in [4.69, 9.17) is 0 Å². The molecular weight excluding hydrogens is 380 g/mol. The highest BCUT2D eigenvalue weighted by Gasteiger charge is 2.36. The number of hydrogen-bond acceptors (Lipinski definition) is 4. The monoisotopic (exact) mass is 390 g/mol. The Kier molecular flexibility index (Phi) is 4.26. The summed E-state index contributed by atoms with van der Waals surface area (Å²) in [6, 6.07) is 0. The van der Waals surface area contributed by atoms with Crippen molar-refractivity contribution in [2.45, 2.75) is 2.65 Å². The maximum absolute atomic E-state index is 3.10. The van der Waals surface area contributed by atoms with Crippen molar-refractivity contribution in [3.63, 3.8) is 0 Å². The molecule has 4 nitrogen and oxygen atoms in total. The Morgan fingerprint density at radius 3 is 0.857 bits per heavy atom. The second kappa shape index (κ2) is 5.07. The van der Waals surface area contributed by atoms with Crippen LogP contribution in [0.2, 0.25) is 0 Å². The molecule has 0 aromatic carbocycles. The third-order valence-corrected chi connectivity index (χ3v) is 2.40. The highest BCUT2D eigenvalue weighted by Crippen LogP contribution is 2.20. The van der Waals surface area contributed by atoms with E-state index in [1.165, 1.54) is 40.0 Å². The molecule has 82 valence electrons. The SMILES string of the molecule is BrC(Br)Br.C1N2CN3CN1CN(C2)C3. The molecule has 0 atom stereocenters. The van der Waals surface area contributed by atoms with E-state index in [1.54, 1.807) is 0 Å². The van der Waals surface area contributed by atoms with Crippen LogP contribution in [-0.4, -0.2) is 62.3 Å². The predicted octanol–water partition coefficient (Wildman–Crippen LogP) is 1.43. The molecule has 4 fully saturated rings. The fourth-order valence-corrected chi connectivity index (χ4v) is 2.23. The predicted molar refractivity (Wildman–Crippen MR) is 67.1 cm³/mol. The molecule has 14 heavy (non-hydrogen) atoms. The normalized spacial score (nSPS) is 43.7. The molecular formula is C7H13Br3N4. The highest BCUT2D eigenvalue weighted by atomic mass is 80.0. The maximum Gasteiger partial charge on any atom is 0.124 e. The molecule has 0 radical (unpaired) electrons. The van der Waals surface area contributed by atoms with Crippen LogP contribution < -0.4 is 0 Å². The van der Waals surface area contributed by atoms with Gasteiger partial charge in [0.2, 0.25) is 0 Å². The van der Waals surface area contributed by atoms with Gasteiger partial charge in [0.05, 0.1) is 40.0 Å². The quantitative estimate of drug-likeness (QED) is 0.578. The van der Waals surface area contributed by atoms with Crippen molar-refractivity contribution in [3.8, 4) is 0 Å². The molecule has 0 unspecified atom stereocenters. The lowest BCUT2D eigenvalue weighted by Crippen LogP contribution is -2.71. The summed E-state index contributed by atoms with van der Waals surface area (Å²) in [5, 5.41) is 0. The van der Waals surface area contributed by atoms with Crippen LogP contribution in [0.4, 0.5) is 0 Å². The van der Waals surface area contributed by atoms with Gasteiger partial charge in [0.15, 0.2) is 0 Å². The lowest BCUT2D eigenvalue weighted by atomic mass is 10.4. The Bertz CT molecular complexity index is 142. The zero-order chi connectivity index (χ0) is 10.1. The molecule has 0 saturated carbocycles. The van der Waals surface area contributed by atoms with E-state index >= 15 is 0 Å². The van der Waals surface area contributed by atoms with Crippen molar-refractivity contribution in [2.75, 3.05) is 40.0 Å². The van der Waals surface area contributed by atoms with E-state index in [0.717, 1.165) is 0 Å². The Labute approximate surface area is 110 Å². The highest BCUT2D eigenvalue weighted by molar-refractivity contribution is 9.38. The van der Waals surface area contributed by atoms with E-state index in [2.05, 4.69) is 67.4 Å². The van der Waals surface area contributed by atoms with Gasteiger partial charge in [-0.1, -0.05) is 47.8 Å². The molecule has 4 heterocycles. The van der Waals surface area contributed by atoms with E-state index < -0.39 is 0 Å². The average Bonchev–Trinajstić information content (AvgIpc) is 1.98. The summed E-state index contributed by atoms with van der Waals surface area (Å²) in [7, 11) is 0. The first-order valence-electron chi connectivity index (χ1n) is 4.45. The van der Waals surface area contributed by atoms with Gasteiger partial charge in [-0.15, -0.1) is 0 Å². The van der Waals surface area contributed by atoms with Gasteiger partial charge in [-0.25, -0.2) is 0 Å². The van der Waals surface area contributed by atoms with Crippen LogP contribution in [-0.2, 0) is 0 Å². The van der Waals surface area contributed by atoms with Crippen molar-refractivity contribution >= 4 is 47.8 Å². The van der Waals surface area contributed by atoms with E-state index in [-0.39, 0.29) is 2.65 Å². The van der Waals surface area contributed by atoms with Crippen molar-refractivity contribution in [3.05, 3.63) is 0 Å². The third-order valence-electron chi connectivity index (χ3n) is 2.40. The molecule has 7 heteroatoms. The van der Waals surface area contributed by atoms with Crippen LogP contribution in [0.5, 0.6) is 0 Å². The summed E-state index contributed by atoms with van der Waals surface area (Å²) >= 11 is 9.31. The van der Waals surface area contributed by atoms with Crippen LogP contribution in [0.25, 0.3) is 0 Å². The molecule has 4 aliphatic rings. The lowest BCUT2D eigenvalue weighted by molar-refractivity contribution is -0.194. The zero-order valence-electron chi connectivity index (χ0n) is 7.74. The van der Waals surface area contributed by atoms with E-state index in [1.807, 2.05) is 0 Å². The van der Waals surface area contributed by atoms with Crippen molar-refractivity contribution in [1.82, 2.24) is 19.6 Å². The molecule has 0 amide bonds. The first kappa shape index (κ1) is 11.8. The minimum atomic E-state index is 0.271. The lowest BCUT2D eigenvalue weighted by Gasteiger charge is -2.56. The van der Waals surface area contributed by atoms with Crippen molar-refractivity contribution in [1.29, 1.82) is 0 Å². The molecule has 4 saturated heterocycles. The summed E-state index contributed by atoms with van der Waals surface area (Å²) in [5.74, 6) is 0. The Morgan fingerprint density at radius 1 is 0.571 bits per heavy atom. The summed E-state index contributed by atoms with van der Waals surface area (Å²) in [6.45, 7) is 7.12. The van der Waals surface area contributed by atoms with Gasteiger partial charge in [0.1, 0.15) is 2.65 Å². The number of hydrogen-bond donors (Lipinski definition) is 0. The Morgan fingerprint density at radius 2 is 0.714 bits per heavy atom. The summed E-state index contributed by atoms with van der Waals surface area (Å²) < 4.78 is 0.271. The number of alkyl halides is 3. The zero-order valence-corrected chi connectivity index (χ0v) is 12.5. The number of halogens is 3. The van der Waals surface area contributed by atoms with E-state index in [0.29, 0.717) is 0 Å². The molecule has 4 rings (SSSR count). The minimum Gasteiger partial charge on any atom is -0.264 e. The number of nitrogens with zero attached hydrogens (tertiary/aromatic N) is 4. The molecule has 4 bridgehead atoms. The van der Waals surface area contributed by atoms with E-state index in [9.17, 15) is 0 Å². The van der Waals surface area contributed by atoms with Crippen LogP contribution in [0.1, 0.15) is 0 Å². The minimum absolute atomic E-state index is 0.271. The third kappa shape index (κ3) is 3.13. The van der Waals surface area contributed by atoms with Crippen molar-refractivity contribution in [2.24, 2.45) is 0 Å². The standard InChI is InChI=1S/C6H12N4.CHBr3/c1-7-2-9-4-8(1)5-10(3-7)6-9;2-1(3)4/h1-6H2;1H. The van der Waals surface area contributed by atoms with Crippen LogP contribution in [0.15, 0.2) is 0 Å². The van der Waals surface area contributed by atoms with Gasteiger partial charge in [-0.2, -0.15) is 0 Å². The van der Waals surface area contributed by atoms with Crippen molar-refractivity contribution < 1.29 is 0 Å². The smallest absolute Gasteiger partial charge is 0.124 e. The second-order valence-electron chi connectivity index (χ2n) is 3.78. The molecule has 0 aromatic rings. The van der Waals surface area contributed by atoms with Crippen LogP contribution in [0.3, 0.4) is 0 Å². The Hall–Kier alpha value is 1.28. The van der Waals surface area contributed by atoms with Gasteiger partial charge in [-0.05, 0) is 0 Å². The molecule has 0 spiro atoms. The Balaban J connectivity index is 0.000000165. The summed E-state index contributed by atoms with van der Waals surface area (Å²) in [4.78, 5) is 9.88. The molecule has 0 aromatic heterocycles. The van der Waals surface area contributed by atoms with Gasteiger partial charge in [0, 0.05) is 0 Å². The second-order valence-corrected chi connectivity index (χ2v) is 10.2. The fraction of sp³-hybridized carbons (Fsp3) is 1.00. The largest absolute Gasteiger partial charge is 0.264 e. The fourth-order valence-electron chi connectivity index (χ4n) is 2.23. The maximum atomic E-state index is 3.10. The molecule has 0 aliphatic carbocycles. The van der Waals surface area contributed by atoms with Gasteiger partial charge in [0.25, 0.3) is 0 Å². The van der Waals surface area contributed by atoms with Crippen LogP contribution >= 0.6 is 47.8 Å². The first-order valence-corrected chi connectivity index (χ1v) is 7.20. The van der Waals surface area contributed by atoms with Gasteiger partial charge in [-0.3, -0.25) is 19.6 Å². The molecule has 0 N–H and O–H groups in total. The topological polar surface area (TPSA) is 13.0 Å². The molecule has 4 aliphatic heterocycles.